The SMILES string of the molecule is CN(C)CC(O)CNc1ccccn1. The average Bonchev–Trinajstić information content (AvgIpc) is 2.15. The second-order valence-electron chi connectivity index (χ2n) is 3.51. The Hall–Kier alpha value is -1.13. The van der Waals surface area contributed by atoms with Crippen molar-refractivity contribution >= 4 is 5.82 Å². The highest BCUT2D eigenvalue weighted by molar-refractivity contribution is 5.33. The Morgan fingerprint density at radius 1 is 1.50 bits per heavy atom. The molecule has 0 saturated carbocycles. The van der Waals surface area contributed by atoms with Crippen molar-refractivity contribution in [3.63, 3.8) is 0 Å². The number of anilines is 1. The maximum Gasteiger partial charge on any atom is 0.125 e. The third kappa shape index (κ3) is 4.20. The normalized spacial score (nSPS) is 12.9. The maximum absolute atomic E-state index is 9.55. The van der Waals surface area contributed by atoms with Gasteiger partial charge in [-0.1, -0.05) is 6.07 Å². The minimum Gasteiger partial charge on any atom is -0.390 e. The fraction of sp³-hybridized carbons (Fsp3) is 0.500. The Morgan fingerprint density at radius 3 is 2.86 bits per heavy atom. The largest absolute Gasteiger partial charge is 0.390 e. The van der Waals surface area contributed by atoms with Crippen molar-refractivity contribution in [3.8, 4) is 0 Å². The molecule has 0 saturated heterocycles. The molecule has 78 valence electrons. The number of nitrogens with zero attached hydrogens (tertiary/aromatic N) is 2. The zero-order valence-corrected chi connectivity index (χ0v) is 8.64. The molecule has 1 atom stereocenters. The summed E-state index contributed by atoms with van der Waals surface area (Å²) in [5.74, 6) is 0.797. The van der Waals surface area contributed by atoms with Crippen LogP contribution >= 0.6 is 0 Å². The Morgan fingerprint density at radius 2 is 2.29 bits per heavy atom. The van der Waals surface area contributed by atoms with E-state index in [1.165, 1.54) is 0 Å². The van der Waals surface area contributed by atoms with Crippen LogP contribution in [0.15, 0.2) is 24.4 Å². The van der Waals surface area contributed by atoms with E-state index in [0.29, 0.717) is 13.1 Å². The monoisotopic (exact) mass is 195 g/mol. The summed E-state index contributed by atoms with van der Waals surface area (Å²) >= 11 is 0. The summed E-state index contributed by atoms with van der Waals surface area (Å²) in [4.78, 5) is 6.04. The first-order valence-electron chi connectivity index (χ1n) is 4.66. The van der Waals surface area contributed by atoms with Crippen molar-refractivity contribution in [2.45, 2.75) is 6.10 Å². The van der Waals surface area contributed by atoms with E-state index >= 15 is 0 Å². The predicted octanol–water partition coefficient (Wildman–Crippen LogP) is 0.416. The second kappa shape index (κ2) is 5.57. The van der Waals surface area contributed by atoms with Crippen LogP contribution in [0.4, 0.5) is 5.82 Å². The average molecular weight is 195 g/mol. The molecule has 4 nitrogen and oxygen atoms in total. The first-order chi connectivity index (χ1) is 6.68. The van der Waals surface area contributed by atoms with Crippen LogP contribution in [0.1, 0.15) is 0 Å². The summed E-state index contributed by atoms with van der Waals surface area (Å²) in [5, 5.41) is 12.6. The summed E-state index contributed by atoms with van der Waals surface area (Å²) in [7, 11) is 3.87. The molecule has 0 bridgehead atoms. The highest BCUT2D eigenvalue weighted by Gasteiger charge is 2.04. The third-order valence-corrected chi connectivity index (χ3v) is 1.76. The van der Waals surface area contributed by atoms with Gasteiger partial charge < -0.3 is 15.3 Å². The minimum atomic E-state index is -0.369. The molecule has 0 aliphatic carbocycles. The molecule has 1 heterocycles. The first-order valence-corrected chi connectivity index (χ1v) is 4.66. The molecule has 0 spiro atoms. The lowest BCUT2D eigenvalue weighted by Gasteiger charge is -2.16. The molecule has 1 aromatic rings. The number of hydrogen-bond donors (Lipinski definition) is 2. The van der Waals surface area contributed by atoms with Crippen LogP contribution in [-0.4, -0.2) is 48.3 Å². The highest BCUT2D eigenvalue weighted by atomic mass is 16.3. The summed E-state index contributed by atoms with van der Waals surface area (Å²) in [5.41, 5.74) is 0. The van der Waals surface area contributed by atoms with Crippen molar-refractivity contribution in [1.82, 2.24) is 9.88 Å². The van der Waals surface area contributed by atoms with Crippen LogP contribution in [0.3, 0.4) is 0 Å². The van der Waals surface area contributed by atoms with Crippen LogP contribution in [0, 0.1) is 0 Å². The van der Waals surface area contributed by atoms with E-state index in [2.05, 4.69) is 10.3 Å². The maximum atomic E-state index is 9.55. The molecular formula is C10H17N3O. The number of likely N-dealkylation sites (N-methyl/N-ethyl adjacent to an activating group) is 1. The van der Waals surface area contributed by atoms with Crippen molar-refractivity contribution in [1.29, 1.82) is 0 Å². The summed E-state index contributed by atoms with van der Waals surface area (Å²) in [6.45, 7) is 1.18. The molecule has 4 heteroatoms. The highest BCUT2D eigenvalue weighted by Crippen LogP contribution is 1.99. The number of pyridine rings is 1. The van der Waals surface area contributed by atoms with Crippen molar-refractivity contribution in [3.05, 3.63) is 24.4 Å². The molecule has 0 aliphatic heterocycles. The number of aliphatic hydroxyl groups excluding tert-OH is 1. The lowest BCUT2D eigenvalue weighted by Crippen LogP contribution is -2.31. The molecule has 2 N–H and O–H groups in total. The van der Waals surface area contributed by atoms with E-state index in [9.17, 15) is 5.11 Å². The zero-order chi connectivity index (χ0) is 10.4. The van der Waals surface area contributed by atoms with Gasteiger partial charge in [0, 0.05) is 19.3 Å². The van der Waals surface area contributed by atoms with Gasteiger partial charge in [0.2, 0.25) is 0 Å². The van der Waals surface area contributed by atoms with E-state index in [0.717, 1.165) is 5.82 Å². The van der Waals surface area contributed by atoms with E-state index in [1.54, 1.807) is 6.20 Å². The second-order valence-corrected chi connectivity index (χ2v) is 3.51. The molecule has 1 rings (SSSR count). The number of rotatable bonds is 5. The quantitative estimate of drug-likeness (QED) is 0.714. The van der Waals surface area contributed by atoms with E-state index in [4.69, 9.17) is 0 Å². The van der Waals surface area contributed by atoms with E-state index < -0.39 is 0 Å². The predicted molar refractivity (Wildman–Crippen MR) is 57.3 cm³/mol. The van der Waals surface area contributed by atoms with Crippen LogP contribution in [-0.2, 0) is 0 Å². The third-order valence-electron chi connectivity index (χ3n) is 1.76. The van der Waals surface area contributed by atoms with Gasteiger partial charge in [-0.25, -0.2) is 4.98 Å². The van der Waals surface area contributed by atoms with Gasteiger partial charge in [0.25, 0.3) is 0 Å². The fourth-order valence-electron chi connectivity index (χ4n) is 1.18. The zero-order valence-electron chi connectivity index (χ0n) is 8.64. The summed E-state index contributed by atoms with van der Waals surface area (Å²) < 4.78 is 0. The van der Waals surface area contributed by atoms with Gasteiger partial charge in [0.05, 0.1) is 6.10 Å². The van der Waals surface area contributed by atoms with Crippen LogP contribution in [0.25, 0.3) is 0 Å². The molecule has 0 aromatic carbocycles. The number of hydrogen-bond acceptors (Lipinski definition) is 4. The first kappa shape index (κ1) is 10.9. The minimum absolute atomic E-state index is 0.369. The number of nitrogens with one attached hydrogen (secondary N) is 1. The molecule has 1 aromatic heterocycles. The van der Waals surface area contributed by atoms with Crippen LogP contribution in [0.2, 0.25) is 0 Å². The van der Waals surface area contributed by atoms with Crippen molar-refractivity contribution in [2.24, 2.45) is 0 Å². The van der Waals surface area contributed by atoms with Gasteiger partial charge in [-0.15, -0.1) is 0 Å². The van der Waals surface area contributed by atoms with Crippen molar-refractivity contribution in [2.75, 3.05) is 32.5 Å². The number of aromatic nitrogens is 1. The van der Waals surface area contributed by atoms with Gasteiger partial charge in [0.15, 0.2) is 0 Å². The summed E-state index contributed by atoms with van der Waals surface area (Å²) in [6, 6.07) is 5.65. The van der Waals surface area contributed by atoms with Gasteiger partial charge in [-0.05, 0) is 26.2 Å². The topological polar surface area (TPSA) is 48.4 Å². The van der Waals surface area contributed by atoms with Crippen LogP contribution < -0.4 is 5.32 Å². The molecular weight excluding hydrogens is 178 g/mol. The van der Waals surface area contributed by atoms with E-state index in [1.807, 2.05) is 37.2 Å². The Balaban J connectivity index is 2.27. The fourth-order valence-corrected chi connectivity index (χ4v) is 1.18. The van der Waals surface area contributed by atoms with Crippen molar-refractivity contribution < 1.29 is 5.11 Å². The Labute approximate surface area is 84.6 Å². The van der Waals surface area contributed by atoms with Gasteiger partial charge in [0.1, 0.15) is 5.82 Å². The standard InChI is InChI=1S/C10H17N3O/c1-13(2)8-9(14)7-12-10-5-3-4-6-11-10/h3-6,9,14H,7-8H2,1-2H3,(H,11,12). The molecule has 0 fully saturated rings. The lowest BCUT2D eigenvalue weighted by molar-refractivity contribution is 0.148. The smallest absolute Gasteiger partial charge is 0.125 e. The molecule has 0 radical (unpaired) electrons. The molecule has 14 heavy (non-hydrogen) atoms. The molecule has 0 aliphatic rings. The Bertz CT molecular complexity index is 251. The van der Waals surface area contributed by atoms with Gasteiger partial charge in [-0.3, -0.25) is 0 Å². The lowest BCUT2D eigenvalue weighted by atomic mass is 10.3. The summed E-state index contributed by atoms with van der Waals surface area (Å²) in [6.07, 6.45) is 1.35. The van der Waals surface area contributed by atoms with Gasteiger partial charge >= 0.3 is 0 Å². The van der Waals surface area contributed by atoms with Crippen LogP contribution in [0.5, 0.6) is 0 Å². The number of aliphatic hydroxyl groups is 1. The van der Waals surface area contributed by atoms with E-state index in [-0.39, 0.29) is 6.10 Å². The molecule has 0 amide bonds. The molecule has 1 unspecified atom stereocenters. The Kier molecular flexibility index (Phi) is 4.35. The van der Waals surface area contributed by atoms with Gasteiger partial charge in [-0.2, -0.15) is 0 Å².